The highest BCUT2D eigenvalue weighted by atomic mass is 16.5. The molecule has 4 rings (SSSR count). The van der Waals surface area contributed by atoms with Gasteiger partial charge in [-0.3, -0.25) is 4.79 Å². The van der Waals surface area contributed by atoms with E-state index in [-0.39, 0.29) is 11.2 Å². The van der Waals surface area contributed by atoms with Crippen molar-refractivity contribution in [3.05, 3.63) is 29.3 Å². The molecule has 0 radical (unpaired) electrons. The van der Waals surface area contributed by atoms with Crippen LogP contribution in [0.3, 0.4) is 0 Å². The van der Waals surface area contributed by atoms with Crippen LogP contribution in [-0.2, 0) is 11.2 Å². The first kappa shape index (κ1) is 14.7. The molecule has 4 heteroatoms. The van der Waals surface area contributed by atoms with Crippen LogP contribution in [0, 0.1) is 17.3 Å². The predicted molar refractivity (Wildman–Crippen MR) is 87.2 cm³/mol. The average Bonchev–Trinajstić information content (AvgIpc) is 2.85. The molecule has 0 heterocycles. The van der Waals surface area contributed by atoms with Crippen molar-refractivity contribution in [3.63, 3.8) is 0 Å². The van der Waals surface area contributed by atoms with Crippen LogP contribution in [0.15, 0.2) is 23.4 Å². The molecule has 0 aromatic heterocycles. The molecule has 4 nitrogen and oxygen atoms in total. The van der Waals surface area contributed by atoms with Gasteiger partial charge in [0.2, 0.25) is 0 Å². The summed E-state index contributed by atoms with van der Waals surface area (Å²) < 4.78 is 5.36. The van der Waals surface area contributed by atoms with Crippen molar-refractivity contribution in [1.29, 1.82) is 0 Å². The first-order valence-corrected chi connectivity index (χ1v) is 8.51. The number of hydrogen-bond donors (Lipinski definition) is 1. The van der Waals surface area contributed by atoms with E-state index < -0.39 is 0 Å². The van der Waals surface area contributed by atoms with E-state index in [9.17, 15) is 4.79 Å². The number of ketones is 1. The summed E-state index contributed by atoms with van der Waals surface area (Å²) in [6.45, 7) is 2.08. The molecule has 122 valence electrons. The molecule has 2 fully saturated rings. The fourth-order valence-corrected chi connectivity index (χ4v) is 5.38. The Morgan fingerprint density at radius 2 is 2.17 bits per heavy atom. The molecule has 0 saturated heterocycles. The molecule has 0 bridgehead atoms. The van der Waals surface area contributed by atoms with E-state index in [0.717, 1.165) is 31.4 Å². The fourth-order valence-electron chi connectivity index (χ4n) is 5.38. The summed E-state index contributed by atoms with van der Waals surface area (Å²) in [6, 6.07) is 6.43. The molecule has 0 aliphatic heterocycles. The third kappa shape index (κ3) is 1.97. The topological polar surface area (TPSA) is 58.9 Å². The second-order valence-electron chi connectivity index (χ2n) is 7.52. The molecule has 0 spiro atoms. The zero-order chi connectivity index (χ0) is 16.2. The van der Waals surface area contributed by atoms with Crippen LogP contribution in [0.5, 0.6) is 5.75 Å². The van der Waals surface area contributed by atoms with E-state index in [1.165, 1.54) is 11.1 Å². The minimum absolute atomic E-state index is 0.0731. The van der Waals surface area contributed by atoms with E-state index >= 15 is 0 Å². The largest absolute Gasteiger partial charge is 0.497 e. The number of carbonyl (C=O) groups excluding carboxylic acids is 1. The third-order valence-corrected chi connectivity index (χ3v) is 6.64. The number of Topliss-reactive ketones (excluding diaryl/α,β-unsaturated/α-hetero) is 1. The number of rotatable bonds is 1. The average molecular weight is 313 g/mol. The lowest BCUT2D eigenvalue weighted by Crippen LogP contribution is -2.42. The number of methoxy groups -OCH3 is 1. The van der Waals surface area contributed by atoms with E-state index in [0.29, 0.717) is 29.9 Å². The van der Waals surface area contributed by atoms with Gasteiger partial charge in [-0.25, -0.2) is 0 Å². The van der Waals surface area contributed by atoms with E-state index in [1.54, 1.807) is 7.11 Å². The molecular weight excluding hydrogens is 290 g/mol. The Morgan fingerprint density at radius 3 is 2.91 bits per heavy atom. The number of hydrogen-bond acceptors (Lipinski definition) is 4. The smallest absolute Gasteiger partial charge is 0.186 e. The Hall–Kier alpha value is -1.84. The SMILES string of the molecule is COc1ccc2c(c1)CC[C@@H]1C2CC[C@]2(C)C(=O)/C(=N\O)C[C@@H]12. The minimum Gasteiger partial charge on any atom is -0.497 e. The summed E-state index contributed by atoms with van der Waals surface area (Å²) in [6.07, 6.45) is 4.72. The number of oxime groups is 1. The lowest BCUT2D eigenvalue weighted by Gasteiger charge is -2.47. The Balaban J connectivity index is 1.71. The number of fused-ring (bicyclic) bond motifs is 5. The molecule has 1 unspecified atom stereocenters. The molecule has 23 heavy (non-hydrogen) atoms. The van der Waals surface area contributed by atoms with E-state index in [2.05, 4.69) is 30.3 Å². The summed E-state index contributed by atoms with van der Waals surface area (Å²) in [7, 11) is 1.71. The molecule has 3 aliphatic carbocycles. The van der Waals surface area contributed by atoms with E-state index in [4.69, 9.17) is 9.94 Å². The summed E-state index contributed by atoms with van der Waals surface area (Å²) in [4.78, 5) is 12.6. The zero-order valence-electron chi connectivity index (χ0n) is 13.7. The minimum atomic E-state index is -0.327. The van der Waals surface area contributed by atoms with Crippen molar-refractivity contribution in [3.8, 4) is 5.75 Å². The van der Waals surface area contributed by atoms with Crippen LogP contribution in [-0.4, -0.2) is 23.8 Å². The van der Waals surface area contributed by atoms with Crippen LogP contribution >= 0.6 is 0 Å². The first-order chi connectivity index (χ1) is 11.1. The van der Waals surface area contributed by atoms with Crippen LogP contribution in [0.4, 0.5) is 0 Å². The van der Waals surface area contributed by atoms with Crippen molar-refractivity contribution < 1.29 is 14.7 Å². The van der Waals surface area contributed by atoms with Gasteiger partial charge in [-0.1, -0.05) is 18.1 Å². The Kier molecular flexibility index (Phi) is 3.26. The monoisotopic (exact) mass is 313 g/mol. The molecule has 1 aromatic rings. The van der Waals surface area contributed by atoms with Gasteiger partial charge in [0.1, 0.15) is 11.5 Å². The molecule has 1 aromatic carbocycles. The zero-order valence-corrected chi connectivity index (χ0v) is 13.7. The van der Waals surface area contributed by atoms with Gasteiger partial charge in [-0.15, -0.1) is 0 Å². The summed E-state index contributed by atoms with van der Waals surface area (Å²) in [5, 5.41) is 12.5. The Morgan fingerprint density at radius 1 is 1.35 bits per heavy atom. The van der Waals surface area contributed by atoms with E-state index in [1.807, 2.05) is 0 Å². The van der Waals surface area contributed by atoms with Gasteiger partial charge >= 0.3 is 0 Å². The van der Waals surface area contributed by atoms with Crippen LogP contribution < -0.4 is 4.74 Å². The van der Waals surface area contributed by atoms with Gasteiger partial charge in [0, 0.05) is 11.8 Å². The van der Waals surface area contributed by atoms with Crippen LogP contribution in [0.2, 0.25) is 0 Å². The van der Waals surface area contributed by atoms with Crippen molar-refractivity contribution in [2.24, 2.45) is 22.4 Å². The summed E-state index contributed by atoms with van der Waals surface area (Å²) in [5.74, 6) is 2.35. The maximum Gasteiger partial charge on any atom is 0.186 e. The number of nitrogens with zero attached hydrogens (tertiary/aromatic N) is 1. The van der Waals surface area contributed by atoms with Gasteiger partial charge in [-0.2, -0.15) is 0 Å². The fraction of sp³-hybridized carbons (Fsp3) is 0.579. The molecule has 3 aliphatic rings. The highest BCUT2D eigenvalue weighted by molar-refractivity contribution is 6.43. The van der Waals surface area contributed by atoms with Gasteiger partial charge < -0.3 is 9.94 Å². The van der Waals surface area contributed by atoms with Crippen molar-refractivity contribution in [2.45, 2.75) is 44.9 Å². The maximum atomic E-state index is 12.6. The van der Waals surface area contributed by atoms with Gasteiger partial charge in [-0.05, 0) is 66.7 Å². The Bertz CT molecular complexity index is 696. The molecule has 0 amide bonds. The predicted octanol–water partition coefficient (Wildman–Crippen LogP) is 3.56. The second-order valence-corrected chi connectivity index (χ2v) is 7.52. The Labute approximate surface area is 136 Å². The summed E-state index contributed by atoms with van der Waals surface area (Å²) >= 11 is 0. The van der Waals surface area contributed by atoms with Gasteiger partial charge in [0.15, 0.2) is 5.78 Å². The van der Waals surface area contributed by atoms with Gasteiger partial charge in [0.05, 0.1) is 7.11 Å². The third-order valence-electron chi connectivity index (χ3n) is 6.64. The maximum absolute atomic E-state index is 12.6. The number of benzene rings is 1. The number of aryl methyl sites for hydroxylation is 1. The normalized spacial score (nSPS) is 37.2. The molecule has 2 saturated carbocycles. The lowest BCUT2D eigenvalue weighted by molar-refractivity contribution is -0.125. The first-order valence-electron chi connectivity index (χ1n) is 8.51. The molecule has 4 atom stereocenters. The van der Waals surface area contributed by atoms with Crippen LogP contribution in [0.25, 0.3) is 0 Å². The summed E-state index contributed by atoms with van der Waals surface area (Å²) in [5.41, 5.74) is 2.89. The van der Waals surface area contributed by atoms with Crippen molar-refractivity contribution >= 4 is 11.5 Å². The van der Waals surface area contributed by atoms with Crippen molar-refractivity contribution in [2.75, 3.05) is 7.11 Å². The van der Waals surface area contributed by atoms with Crippen molar-refractivity contribution in [1.82, 2.24) is 0 Å². The molecule has 1 N–H and O–H groups in total. The highest BCUT2D eigenvalue weighted by Crippen LogP contribution is 2.59. The number of ether oxygens (including phenoxy) is 1. The van der Waals surface area contributed by atoms with Gasteiger partial charge in [0.25, 0.3) is 0 Å². The second kappa shape index (κ2) is 5.08. The lowest BCUT2D eigenvalue weighted by atomic mass is 9.55. The standard InChI is InChI=1S/C19H23NO3/c1-19-8-7-14-13-6-4-12(23-2)9-11(13)3-5-15(14)16(19)10-17(20-22)18(19)21/h4,6,9,14-16,22H,3,5,7-8,10H2,1-2H3/b20-17-/t14?,15-,16+,19+/m1/s1. The quantitative estimate of drug-likeness (QED) is 0.637. The highest BCUT2D eigenvalue weighted by Gasteiger charge is 2.57. The van der Waals surface area contributed by atoms with Crippen LogP contribution in [0.1, 0.15) is 49.7 Å². The molecular formula is C19H23NO3. The number of carbonyl (C=O) groups is 1.